The van der Waals surface area contributed by atoms with Crippen molar-refractivity contribution in [3.05, 3.63) is 39.7 Å². The van der Waals surface area contributed by atoms with Crippen LogP contribution in [-0.2, 0) is 4.79 Å². The van der Waals surface area contributed by atoms with E-state index in [2.05, 4.69) is 5.32 Å². The fraction of sp³-hybridized carbons (Fsp3) is 0.529. The molecule has 0 heterocycles. The van der Waals surface area contributed by atoms with Gasteiger partial charge in [0.25, 0.3) is 11.6 Å². The summed E-state index contributed by atoms with van der Waals surface area (Å²) in [7, 11) is 0. The lowest BCUT2D eigenvalue weighted by Gasteiger charge is -2.42. The van der Waals surface area contributed by atoms with Crippen LogP contribution in [0.3, 0.4) is 0 Å². The summed E-state index contributed by atoms with van der Waals surface area (Å²) < 4.78 is 13.4. The zero-order valence-electron chi connectivity index (χ0n) is 14.1. The number of nitrogens with zero attached hydrogens (tertiary/aromatic N) is 2. The van der Waals surface area contributed by atoms with Crippen LogP contribution in [0.25, 0.3) is 0 Å². The van der Waals surface area contributed by atoms with Gasteiger partial charge in [-0.3, -0.25) is 24.6 Å². The molecule has 0 atom stereocenters. The predicted molar refractivity (Wildman–Crippen MR) is 89.3 cm³/mol. The topological polar surface area (TPSA) is 113 Å². The first-order valence-corrected chi connectivity index (χ1v) is 8.54. The molecule has 0 saturated heterocycles. The van der Waals surface area contributed by atoms with Crippen molar-refractivity contribution in [2.24, 2.45) is 5.92 Å². The molecule has 1 aromatic carbocycles. The van der Waals surface area contributed by atoms with Crippen LogP contribution < -0.4 is 5.32 Å². The summed E-state index contributed by atoms with van der Waals surface area (Å²) in [5.74, 6) is -1.73. The lowest BCUT2D eigenvalue weighted by Crippen LogP contribution is -2.55. The van der Waals surface area contributed by atoms with E-state index in [0.29, 0.717) is 18.8 Å². The number of nitrogens with one attached hydrogen (secondary N) is 1. The number of carbonyl (C=O) groups is 2. The maximum absolute atomic E-state index is 13.4. The van der Waals surface area contributed by atoms with Gasteiger partial charge in [-0.05, 0) is 43.7 Å². The zero-order chi connectivity index (χ0) is 18.8. The van der Waals surface area contributed by atoms with Gasteiger partial charge in [-0.15, -0.1) is 0 Å². The number of nitro groups is 1. The summed E-state index contributed by atoms with van der Waals surface area (Å²) in [6.07, 6.45) is 3.39. The number of carbonyl (C=O) groups excluding carboxylic acids is 1. The molecule has 26 heavy (non-hydrogen) atoms. The molecule has 9 heteroatoms. The number of nitro benzene ring substituents is 1. The van der Waals surface area contributed by atoms with Gasteiger partial charge in [0, 0.05) is 24.7 Å². The van der Waals surface area contributed by atoms with Crippen LogP contribution in [0.2, 0.25) is 0 Å². The molecule has 1 amide bonds. The molecule has 3 rings (SSSR count). The van der Waals surface area contributed by atoms with Gasteiger partial charge >= 0.3 is 5.97 Å². The van der Waals surface area contributed by atoms with Crippen molar-refractivity contribution in [2.75, 3.05) is 13.1 Å². The molecular formula is C17H20FN3O5. The second kappa shape index (κ2) is 7.36. The summed E-state index contributed by atoms with van der Waals surface area (Å²) in [6, 6.07) is 2.63. The van der Waals surface area contributed by atoms with E-state index in [1.165, 1.54) is 0 Å². The minimum atomic E-state index is -0.881. The highest BCUT2D eigenvalue weighted by atomic mass is 19.1. The summed E-state index contributed by atoms with van der Waals surface area (Å²) >= 11 is 0. The number of halogens is 1. The van der Waals surface area contributed by atoms with Gasteiger partial charge in [-0.1, -0.05) is 0 Å². The molecule has 0 unspecified atom stereocenters. The minimum absolute atomic E-state index is 0.0306. The van der Waals surface area contributed by atoms with Gasteiger partial charge in [0.1, 0.15) is 11.4 Å². The summed E-state index contributed by atoms with van der Waals surface area (Å²) in [5, 5.41) is 22.7. The number of rotatable bonds is 8. The summed E-state index contributed by atoms with van der Waals surface area (Å²) in [4.78, 5) is 35.5. The molecule has 1 aromatic rings. The van der Waals surface area contributed by atoms with Crippen LogP contribution in [0.5, 0.6) is 0 Å². The van der Waals surface area contributed by atoms with Gasteiger partial charge in [0.15, 0.2) is 0 Å². The fourth-order valence-corrected chi connectivity index (χ4v) is 3.26. The fourth-order valence-electron chi connectivity index (χ4n) is 3.26. The quantitative estimate of drug-likeness (QED) is 0.536. The monoisotopic (exact) mass is 365 g/mol. The Hall–Kier alpha value is -2.55. The van der Waals surface area contributed by atoms with Gasteiger partial charge in [0.2, 0.25) is 0 Å². The van der Waals surface area contributed by atoms with E-state index in [1.54, 1.807) is 0 Å². The summed E-state index contributed by atoms with van der Waals surface area (Å²) in [5.41, 5.74) is -0.750. The second-order valence-corrected chi connectivity index (χ2v) is 6.98. The number of carboxylic acids is 1. The van der Waals surface area contributed by atoms with E-state index in [0.717, 1.165) is 37.6 Å². The largest absolute Gasteiger partial charge is 0.480 e. The van der Waals surface area contributed by atoms with Crippen molar-refractivity contribution in [2.45, 2.75) is 37.8 Å². The van der Waals surface area contributed by atoms with Crippen LogP contribution in [0.4, 0.5) is 10.1 Å². The maximum atomic E-state index is 13.4. The third-order valence-electron chi connectivity index (χ3n) is 4.89. The number of aliphatic carboxylic acids is 1. The average Bonchev–Trinajstić information content (AvgIpc) is 3.32. The molecule has 2 N–H and O–H groups in total. The molecule has 0 spiro atoms. The first kappa shape index (κ1) is 18.2. The van der Waals surface area contributed by atoms with Gasteiger partial charge in [-0.25, -0.2) is 4.39 Å². The van der Waals surface area contributed by atoms with Crippen molar-refractivity contribution in [1.29, 1.82) is 0 Å². The zero-order valence-corrected chi connectivity index (χ0v) is 14.1. The van der Waals surface area contributed by atoms with Crippen molar-refractivity contribution in [3.8, 4) is 0 Å². The lowest BCUT2D eigenvalue weighted by molar-refractivity contribution is -0.385. The Morgan fingerprint density at radius 2 is 2.04 bits per heavy atom. The normalized spacial score (nSPS) is 21.9. The van der Waals surface area contributed by atoms with Crippen LogP contribution in [0, 0.1) is 21.8 Å². The van der Waals surface area contributed by atoms with Crippen LogP contribution in [-0.4, -0.2) is 52.0 Å². The third-order valence-corrected chi connectivity index (χ3v) is 4.89. The van der Waals surface area contributed by atoms with Crippen LogP contribution >= 0.6 is 0 Å². The Kier molecular flexibility index (Phi) is 5.17. The Bertz CT molecular complexity index is 731. The number of amides is 1. The smallest absolute Gasteiger partial charge is 0.317 e. The van der Waals surface area contributed by atoms with Crippen molar-refractivity contribution in [3.63, 3.8) is 0 Å². The van der Waals surface area contributed by atoms with E-state index in [9.17, 15) is 24.1 Å². The molecule has 2 saturated carbocycles. The number of hydrogen-bond acceptors (Lipinski definition) is 5. The first-order valence-electron chi connectivity index (χ1n) is 8.54. The van der Waals surface area contributed by atoms with E-state index in [4.69, 9.17) is 5.11 Å². The van der Waals surface area contributed by atoms with E-state index in [1.807, 2.05) is 4.90 Å². The Morgan fingerprint density at radius 3 is 2.62 bits per heavy atom. The van der Waals surface area contributed by atoms with Gasteiger partial charge in [0.05, 0.1) is 11.5 Å². The van der Waals surface area contributed by atoms with E-state index < -0.39 is 28.3 Å². The lowest BCUT2D eigenvalue weighted by atomic mass is 9.85. The number of carboxylic acid groups (broad SMARTS) is 1. The van der Waals surface area contributed by atoms with Crippen LogP contribution in [0.15, 0.2) is 18.2 Å². The maximum Gasteiger partial charge on any atom is 0.317 e. The number of hydrogen-bond donors (Lipinski definition) is 2. The molecule has 2 aliphatic rings. The van der Waals surface area contributed by atoms with Crippen LogP contribution in [0.1, 0.15) is 36.0 Å². The first-order chi connectivity index (χ1) is 12.3. The minimum Gasteiger partial charge on any atom is -0.480 e. The van der Waals surface area contributed by atoms with Crippen molar-refractivity contribution in [1.82, 2.24) is 10.2 Å². The van der Waals surface area contributed by atoms with E-state index in [-0.39, 0.29) is 24.2 Å². The highest BCUT2D eigenvalue weighted by Gasteiger charge is 2.38. The average molecular weight is 365 g/mol. The Labute approximate surface area is 149 Å². The predicted octanol–water partition coefficient (Wildman–Crippen LogP) is 1.79. The highest BCUT2D eigenvalue weighted by Crippen LogP contribution is 2.34. The second-order valence-electron chi connectivity index (χ2n) is 6.98. The Morgan fingerprint density at radius 1 is 1.35 bits per heavy atom. The van der Waals surface area contributed by atoms with Crippen molar-refractivity contribution < 1.29 is 24.0 Å². The standard InChI is InChI=1S/C17H20FN3O5/c18-11-3-4-15(21(25)26)14(5-11)17(24)19-12-6-13(7-12)20(9-16(22)23)8-10-1-2-10/h3-5,10,12-13H,1-2,6-9H2,(H,19,24)(H,22,23). The molecule has 2 fully saturated rings. The van der Waals surface area contributed by atoms with Gasteiger partial charge in [-0.2, -0.15) is 0 Å². The molecular weight excluding hydrogens is 345 g/mol. The Balaban J connectivity index is 1.58. The number of benzene rings is 1. The molecule has 2 aliphatic carbocycles. The third kappa shape index (κ3) is 4.34. The molecule has 0 bridgehead atoms. The van der Waals surface area contributed by atoms with Crippen molar-refractivity contribution >= 4 is 17.6 Å². The summed E-state index contributed by atoms with van der Waals surface area (Å²) in [6.45, 7) is 0.713. The molecule has 8 nitrogen and oxygen atoms in total. The molecule has 140 valence electrons. The highest BCUT2D eigenvalue weighted by molar-refractivity contribution is 5.98. The molecule has 0 aromatic heterocycles. The molecule has 0 aliphatic heterocycles. The SMILES string of the molecule is O=C(O)CN(CC1CC1)C1CC(NC(=O)c2cc(F)ccc2[N+](=O)[O-])C1. The molecule has 0 radical (unpaired) electrons. The van der Waals surface area contributed by atoms with Gasteiger partial charge < -0.3 is 10.4 Å². The van der Waals surface area contributed by atoms with E-state index >= 15 is 0 Å².